The molecule has 6 aliphatic heterocycles. The Bertz CT molecular complexity index is 2010. The van der Waals surface area contributed by atoms with E-state index in [0.29, 0.717) is 0 Å². The fraction of sp³-hybridized carbons (Fsp3) is 0.909. The summed E-state index contributed by atoms with van der Waals surface area (Å²) in [5, 5.41) is 191. The summed E-state index contributed by atoms with van der Waals surface area (Å²) in [6.07, 6.45) is -48.1. The Morgan fingerprint density at radius 1 is 0.350 bits per heavy atom. The zero-order valence-electron chi connectivity index (χ0n) is 43.0. The molecule has 0 aliphatic carbocycles. The van der Waals surface area contributed by atoms with Crippen LogP contribution in [0.3, 0.4) is 0 Å². The third-order valence-corrected chi connectivity index (χ3v) is 14.1. The van der Waals surface area contributed by atoms with Gasteiger partial charge in [0.1, 0.15) is 153 Å². The normalized spacial score (nSPS) is 46.2. The van der Waals surface area contributed by atoms with E-state index in [1.807, 2.05) is 0 Å². The molecule has 0 bridgehead atoms. The molecule has 4 amide bonds. The number of amides is 4. The van der Waals surface area contributed by atoms with Gasteiger partial charge < -0.3 is 160 Å². The molecular weight excluding hydrogens is 1100 g/mol. The Balaban J connectivity index is 1.16. The van der Waals surface area contributed by atoms with Crippen LogP contribution < -0.4 is 21.3 Å². The number of carbonyl (C=O) groups excluding carboxylic acids is 4. The van der Waals surface area contributed by atoms with Crippen LogP contribution in [0.5, 0.6) is 0 Å². The maximum Gasteiger partial charge on any atom is 0.246 e. The van der Waals surface area contributed by atoms with E-state index in [9.17, 15) is 106 Å². The van der Waals surface area contributed by atoms with E-state index < -0.39 is 254 Å². The molecular formula is C44H74N4O32. The van der Waals surface area contributed by atoms with Gasteiger partial charge in [0.15, 0.2) is 37.7 Å². The average molecular weight is 1170 g/mol. The lowest BCUT2D eigenvalue weighted by Gasteiger charge is -2.50. The van der Waals surface area contributed by atoms with E-state index in [-0.39, 0.29) is 0 Å². The number of hydrogen-bond donors (Lipinski definition) is 21. The van der Waals surface area contributed by atoms with Gasteiger partial charge in [-0.15, -0.1) is 0 Å². The van der Waals surface area contributed by atoms with Crippen molar-refractivity contribution in [2.45, 2.75) is 205 Å². The summed E-state index contributed by atoms with van der Waals surface area (Å²) in [5.41, 5.74) is 0. The van der Waals surface area contributed by atoms with E-state index in [4.69, 9.17) is 52.1 Å². The fourth-order valence-electron chi connectivity index (χ4n) is 9.98. The van der Waals surface area contributed by atoms with Crippen LogP contribution >= 0.6 is 0 Å². The maximum atomic E-state index is 13.4. The average Bonchev–Trinajstić information content (AvgIpc) is 3.54. The van der Waals surface area contributed by atoms with Crippen LogP contribution in [-0.2, 0) is 71.3 Å². The van der Waals surface area contributed by atoms with Gasteiger partial charge in [-0.3, -0.25) is 19.2 Å². The number of nitrogens with one attached hydrogen (secondary N) is 4. The fourth-order valence-corrected chi connectivity index (χ4v) is 9.98. The lowest BCUT2D eigenvalue weighted by atomic mass is 9.94. The van der Waals surface area contributed by atoms with Crippen molar-refractivity contribution >= 4 is 23.6 Å². The molecule has 36 heteroatoms. The predicted molar refractivity (Wildman–Crippen MR) is 247 cm³/mol. The number of aliphatic hydroxyl groups excluding tert-OH is 17. The van der Waals surface area contributed by atoms with Gasteiger partial charge in [-0.2, -0.15) is 0 Å². The Morgan fingerprint density at radius 3 is 1.20 bits per heavy atom. The van der Waals surface area contributed by atoms with Gasteiger partial charge in [0.2, 0.25) is 23.6 Å². The van der Waals surface area contributed by atoms with Gasteiger partial charge in [-0.05, 0) is 0 Å². The van der Waals surface area contributed by atoms with Crippen molar-refractivity contribution in [2.24, 2.45) is 0 Å². The first-order valence-corrected chi connectivity index (χ1v) is 25.2. The van der Waals surface area contributed by atoms with E-state index in [1.165, 1.54) is 0 Å². The van der Waals surface area contributed by atoms with Crippen LogP contribution in [-0.4, -0.2) is 341 Å². The maximum absolute atomic E-state index is 13.4. The molecule has 0 aromatic carbocycles. The SMILES string of the molecule is CC(=O)N[C@@H]1[C@@H](O)[C@H](O[C@@H]2O[C@H](CO)[C@@H](O[C@@H]3O[C@H](CO)[C@@H](O)[C@H](O[C@H]4O[C@H](CO)[C@@H](O)[C@H](O)[C@@H]4O)[C@@H]3O)[C@H](O)[C@H]2NC(C)=O)[C@@H](COCC(=O)N[C@@H]2[C@@H](O)[C@H](O[C@@H]3O[C@H](CO)[C@@H](O)[C@H](O)[C@H]3NC(C)=O)[C@@H](CO)O[C@H]2O)O[C@H]1O. The number of hydrogen-bond acceptors (Lipinski definition) is 32. The van der Waals surface area contributed by atoms with Crippen molar-refractivity contribution in [3.63, 3.8) is 0 Å². The molecule has 462 valence electrons. The highest BCUT2D eigenvalue weighted by molar-refractivity contribution is 5.77. The van der Waals surface area contributed by atoms with Crippen molar-refractivity contribution in [2.75, 3.05) is 46.2 Å². The third-order valence-electron chi connectivity index (χ3n) is 14.1. The third kappa shape index (κ3) is 15.0. The Labute approximate surface area is 453 Å². The molecule has 6 aliphatic rings. The summed E-state index contributed by atoms with van der Waals surface area (Å²) in [6.45, 7) is -3.36. The zero-order chi connectivity index (χ0) is 59.2. The molecule has 6 rings (SSSR count). The van der Waals surface area contributed by atoms with Crippen LogP contribution in [0.15, 0.2) is 0 Å². The second kappa shape index (κ2) is 29.0. The molecule has 6 heterocycles. The van der Waals surface area contributed by atoms with Gasteiger partial charge in [-0.1, -0.05) is 0 Å². The lowest BCUT2D eigenvalue weighted by Crippen LogP contribution is -2.70. The topological polar surface area (TPSA) is 562 Å². The van der Waals surface area contributed by atoms with Crippen molar-refractivity contribution in [3.05, 3.63) is 0 Å². The molecule has 6 saturated heterocycles. The Hall–Kier alpha value is -3.24. The van der Waals surface area contributed by atoms with Gasteiger partial charge in [0, 0.05) is 20.8 Å². The van der Waals surface area contributed by atoms with Crippen molar-refractivity contribution in [1.82, 2.24) is 21.3 Å². The second-order valence-electron chi connectivity index (χ2n) is 19.8. The van der Waals surface area contributed by atoms with Gasteiger partial charge in [-0.25, -0.2) is 0 Å². The highest BCUT2D eigenvalue weighted by Crippen LogP contribution is 2.35. The first-order valence-electron chi connectivity index (χ1n) is 25.2. The van der Waals surface area contributed by atoms with E-state index >= 15 is 0 Å². The Kier molecular flexibility index (Phi) is 23.9. The summed E-state index contributed by atoms with van der Waals surface area (Å²) >= 11 is 0. The molecule has 0 aromatic rings. The molecule has 80 heavy (non-hydrogen) atoms. The second-order valence-corrected chi connectivity index (χ2v) is 19.8. The van der Waals surface area contributed by atoms with E-state index in [0.717, 1.165) is 20.8 Å². The molecule has 0 radical (unpaired) electrons. The number of ether oxygens (including phenoxy) is 11. The zero-order valence-corrected chi connectivity index (χ0v) is 43.0. The van der Waals surface area contributed by atoms with Gasteiger partial charge >= 0.3 is 0 Å². The Morgan fingerprint density at radius 2 is 0.700 bits per heavy atom. The monoisotopic (exact) mass is 1170 g/mol. The summed E-state index contributed by atoms with van der Waals surface area (Å²) < 4.78 is 62.4. The lowest BCUT2D eigenvalue weighted by molar-refractivity contribution is -0.379. The van der Waals surface area contributed by atoms with Crippen LogP contribution in [0.1, 0.15) is 20.8 Å². The van der Waals surface area contributed by atoms with Crippen LogP contribution in [0.2, 0.25) is 0 Å². The number of rotatable bonds is 21. The van der Waals surface area contributed by atoms with Crippen LogP contribution in [0, 0.1) is 0 Å². The molecule has 0 aromatic heterocycles. The number of aliphatic hydroxyl groups is 17. The smallest absolute Gasteiger partial charge is 0.246 e. The summed E-state index contributed by atoms with van der Waals surface area (Å²) in [5.74, 6) is -3.47. The minimum absolute atomic E-state index is 0.724. The molecule has 0 spiro atoms. The minimum atomic E-state index is -2.15. The molecule has 30 atom stereocenters. The molecule has 36 nitrogen and oxygen atoms in total. The summed E-state index contributed by atoms with van der Waals surface area (Å²) in [7, 11) is 0. The minimum Gasteiger partial charge on any atom is -0.394 e. The predicted octanol–water partition coefficient (Wildman–Crippen LogP) is -14.6. The van der Waals surface area contributed by atoms with Gasteiger partial charge in [0.05, 0.1) is 39.6 Å². The standard InChI is InChI=1S/C44H74N4O32/c1-11(54)45-21-29(62)37(19(72-39(21)68)9-70-10-20(57)48-22-30(63)35(17(7-52)71-40(22)69)77-41-23(46-12(2)55)28(61)25(58)14(4-49)73-41)78-42-24(47-13(3)56)31(64)36(18(8-53)76-42)79-44-34(67)38(27(60)16(6-51)75-44)80-43-33(66)32(65)26(59)15(5-50)74-43/h14-19,21-44,49-53,58-69H,4-10H2,1-3H3,(H,45,54)(H,46,55)(H,47,56)(H,48,57)/t14-,15-,16-,17-,18-,19-,21-,22-,23-,24-,25-,26-,27-,28-,29-,30-,31-,32+,33+,34+,35-,36-,37-,38+,39-,40-,41+,42+,43-,44+/m1/s1. The van der Waals surface area contributed by atoms with Crippen molar-refractivity contribution in [3.8, 4) is 0 Å². The van der Waals surface area contributed by atoms with Gasteiger partial charge in [0.25, 0.3) is 0 Å². The molecule has 0 saturated carbocycles. The highest BCUT2D eigenvalue weighted by atomic mass is 16.8. The molecule has 0 unspecified atom stereocenters. The van der Waals surface area contributed by atoms with E-state index in [1.54, 1.807) is 0 Å². The molecule has 6 fully saturated rings. The highest BCUT2D eigenvalue weighted by Gasteiger charge is 2.57. The first kappa shape index (κ1) is 65.9. The van der Waals surface area contributed by atoms with Crippen molar-refractivity contribution < 1.29 is 158 Å². The first-order chi connectivity index (χ1) is 37.8. The molecule has 21 N–H and O–H groups in total. The number of carbonyl (C=O) groups is 4. The van der Waals surface area contributed by atoms with Crippen LogP contribution in [0.25, 0.3) is 0 Å². The summed E-state index contributed by atoms with van der Waals surface area (Å²) in [4.78, 5) is 50.2. The summed E-state index contributed by atoms with van der Waals surface area (Å²) in [6, 6.07) is -6.77. The van der Waals surface area contributed by atoms with E-state index in [2.05, 4.69) is 21.3 Å². The van der Waals surface area contributed by atoms with Crippen LogP contribution in [0.4, 0.5) is 0 Å². The van der Waals surface area contributed by atoms with Crippen molar-refractivity contribution in [1.29, 1.82) is 0 Å². The quantitative estimate of drug-likeness (QED) is 0.0507. The largest absolute Gasteiger partial charge is 0.394 e.